The summed E-state index contributed by atoms with van der Waals surface area (Å²) in [6, 6.07) is 10.2. The summed E-state index contributed by atoms with van der Waals surface area (Å²) in [5, 5.41) is 0. The van der Waals surface area contributed by atoms with Gasteiger partial charge in [-0.25, -0.2) is 8.78 Å². The van der Waals surface area contributed by atoms with Crippen LogP contribution in [0.2, 0.25) is 0 Å². The minimum absolute atomic E-state index is 0.234. The average molecular weight is 448 g/mol. The number of carbonyl (C=O) groups is 1. The Labute approximate surface area is 188 Å². The van der Waals surface area contributed by atoms with E-state index < -0.39 is 24.6 Å². The van der Waals surface area contributed by atoms with Gasteiger partial charge >= 0.3 is 0 Å². The molecule has 1 fully saturated rings. The Hall–Kier alpha value is -1.99. The zero-order valence-corrected chi connectivity index (χ0v) is 19.6. The summed E-state index contributed by atoms with van der Waals surface area (Å²) in [4.78, 5) is 18.8. The Bertz CT molecular complexity index is 915. The largest absolute Gasteiger partial charge is 0.331 e. The van der Waals surface area contributed by atoms with E-state index in [-0.39, 0.29) is 11.8 Å². The number of benzene rings is 1. The molecule has 168 valence electrons. The minimum atomic E-state index is -2.98. The van der Waals surface area contributed by atoms with Crippen molar-refractivity contribution in [3.8, 4) is 11.3 Å². The number of rotatable bonds is 7. The van der Waals surface area contributed by atoms with E-state index in [4.69, 9.17) is 0 Å². The molecule has 1 aromatic heterocycles. The van der Waals surface area contributed by atoms with Crippen molar-refractivity contribution in [3.63, 3.8) is 0 Å². The molecule has 3 rings (SSSR count). The minimum Gasteiger partial charge on any atom is -0.331 e. The molecular weight excluding hydrogens is 416 g/mol. The quantitative estimate of drug-likeness (QED) is 0.604. The van der Waals surface area contributed by atoms with Crippen molar-refractivity contribution >= 4 is 17.9 Å². The average Bonchev–Trinajstić information content (AvgIpc) is 2.94. The number of alkyl halides is 2. The Morgan fingerprint density at radius 1 is 1.29 bits per heavy atom. The van der Waals surface area contributed by atoms with Crippen LogP contribution in [-0.2, 0) is 11.2 Å². The Kier molecular flexibility index (Phi) is 7.37. The van der Waals surface area contributed by atoms with Crippen LogP contribution in [0.15, 0.2) is 36.4 Å². The van der Waals surface area contributed by atoms with Crippen molar-refractivity contribution in [2.45, 2.75) is 59.0 Å². The first-order valence-corrected chi connectivity index (χ1v) is 11.7. The summed E-state index contributed by atoms with van der Waals surface area (Å²) < 4.78 is 32.8. The molecule has 2 atom stereocenters. The van der Waals surface area contributed by atoms with Crippen LogP contribution < -0.4 is 4.72 Å². The van der Waals surface area contributed by atoms with E-state index in [1.807, 2.05) is 57.2 Å². The monoisotopic (exact) mass is 447 g/mol. The van der Waals surface area contributed by atoms with Gasteiger partial charge in [-0.15, -0.1) is 0 Å². The molecule has 1 N–H and O–H groups in total. The second kappa shape index (κ2) is 9.65. The standard InChI is InChI=1S/C24H31F2N3OS/c1-6-31-28-22-21(29(14-24(22,25)26)23(30)15(2)3)13-18-8-7-9-19(12-18)20-11-16(4)10-17(5)27-20/h7-12,15,21-22,28H,6,13-14H2,1-5H3/t21-,22+/m0/s1. The van der Waals surface area contributed by atoms with Gasteiger partial charge in [-0.1, -0.05) is 50.9 Å². The molecule has 1 aliphatic heterocycles. The highest BCUT2D eigenvalue weighted by atomic mass is 32.2. The lowest BCUT2D eigenvalue weighted by molar-refractivity contribution is -0.136. The number of halogens is 2. The van der Waals surface area contributed by atoms with Crippen LogP contribution in [0.25, 0.3) is 11.3 Å². The maximum atomic E-state index is 14.9. The van der Waals surface area contributed by atoms with E-state index in [0.29, 0.717) is 12.2 Å². The van der Waals surface area contributed by atoms with Crippen molar-refractivity contribution in [3.05, 3.63) is 53.2 Å². The molecule has 7 heteroatoms. The number of amides is 1. The van der Waals surface area contributed by atoms with Crippen molar-refractivity contribution in [1.29, 1.82) is 0 Å². The molecule has 2 heterocycles. The third kappa shape index (κ3) is 5.44. The highest BCUT2D eigenvalue weighted by Gasteiger charge is 2.55. The highest BCUT2D eigenvalue weighted by molar-refractivity contribution is 7.97. The van der Waals surface area contributed by atoms with Crippen LogP contribution in [0.3, 0.4) is 0 Å². The zero-order valence-electron chi connectivity index (χ0n) is 18.8. The maximum absolute atomic E-state index is 14.9. The number of nitrogens with one attached hydrogen (secondary N) is 1. The van der Waals surface area contributed by atoms with Gasteiger partial charge in [-0.05, 0) is 49.6 Å². The fourth-order valence-electron chi connectivity index (χ4n) is 4.13. The number of aryl methyl sites for hydroxylation is 2. The molecule has 2 aromatic rings. The van der Waals surface area contributed by atoms with E-state index >= 15 is 0 Å². The summed E-state index contributed by atoms with van der Waals surface area (Å²) >= 11 is 1.27. The number of aromatic nitrogens is 1. The molecule has 1 saturated heterocycles. The van der Waals surface area contributed by atoms with E-state index in [1.165, 1.54) is 16.8 Å². The highest BCUT2D eigenvalue weighted by Crippen LogP contribution is 2.36. The third-order valence-corrected chi connectivity index (χ3v) is 6.23. The molecule has 0 radical (unpaired) electrons. The van der Waals surface area contributed by atoms with Gasteiger partial charge < -0.3 is 4.90 Å². The number of hydrogen-bond donors (Lipinski definition) is 1. The summed E-state index contributed by atoms with van der Waals surface area (Å²) in [6.07, 6.45) is 0.356. The normalized spacial score (nSPS) is 20.5. The number of pyridine rings is 1. The smallest absolute Gasteiger partial charge is 0.283 e. The van der Waals surface area contributed by atoms with Crippen LogP contribution in [0.4, 0.5) is 8.78 Å². The second-order valence-corrected chi connectivity index (χ2v) is 9.66. The van der Waals surface area contributed by atoms with Gasteiger partial charge in [0.1, 0.15) is 6.04 Å². The van der Waals surface area contributed by atoms with Crippen LogP contribution in [0.5, 0.6) is 0 Å². The van der Waals surface area contributed by atoms with Gasteiger partial charge in [-0.2, -0.15) is 0 Å². The molecule has 0 spiro atoms. The van der Waals surface area contributed by atoms with Gasteiger partial charge in [0.2, 0.25) is 5.91 Å². The molecule has 31 heavy (non-hydrogen) atoms. The number of likely N-dealkylation sites (tertiary alicyclic amines) is 1. The predicted molar refractivity (Wildman–Crippen MR) is 123 cm³/mol. The third-order valence-electron chi connectivity index (χ3n) is 5.52. The van der Waals surface area contributed by atoms with Gasteiger partial charge in [0.25, 0.3) is 5.92 Å². The maximum Gasteiger partial charge on any atom is 0.283 e. The van der Waals surface area contributed by atoms with Crippen molar-refractivity contribution < 1.29 is 13.6 Å². The van der Waals surface area contributed by atoms with Crippen LogP contribution in [-0.4, -0.2) is 46.1 Å². The predicted octanol–water partition coefficient (Wildman–Crippen LogP) is 5.04. The molecule has 1 aliphatic rings. The van der Waals surface area contributed by atoms with Crippen LogP contribution in [0.1, 0.15) is 37.6 Å². The van der Waals surface area contributed by atoms with Crippen molar-refractivity contribution in [1.82, 2.24) is 14.6 Å². The number of nitrogens with zero attached hydrogens (tertiary/aromatic N) is 2. The van der Waals surface area contributed by atoms with Crippen molar-refractivity contribution in [2.24, 2.45) is 5.92 Å². The van der Waals surface area contributed by atoms with Gasteiger partial charge in [-0.3, -0.25) is 14.5 Å². The molecular formula is C24H31F2N3OS. The Morgan fingerprint density at radius 3 is 2.68 bits per heavy atom. The molecule has 0 bridgehead atoms. The lowest BCUT2D eigenvalue weighted by Gasteiger charge is -2.29. The number of hydrogen-bond acceptors (Lipinski definition) is 4. The molecule has 0 aliphatic carbocycles. The van der Waals surface area contributed by atoms with Crippen molar-refractivity contribution in [2.75, 3.05) is 12.3 Å². The second-order valence-electron chi connectivity index (χ2n) is 8.55. The molecule has 4 nitrogen and oxygen atoms in total. The first-order valence-electron chi connectivity index (χ1n) is 10.7. The lowest BCUT2D eigenvalue weighted by Crippen LogP contribution is -2.48. The van der Waals surface area contributed by atoms with Gasteiger partial charge in [0, 0.05) is 22.9 Å². The first kappa shape index (κ1) is 23.7. The van der Waals surface area contributed by atoms with E-state index in [9.17, 15) is 13.6 Å². The van der Waals surface area contributed by atoms with Gasteiger partial charge in [0.05, 0.1) is 18.3 Å². The lowest BCUT2D eigenvalue weighted by atomic mass is 9.96. The van der Waals surface area contributed by atoms with E-state index in [0.717, 1.165) is 28.1 Å². The molecule has 1 amide bonds. The Balaban J connectivity index is 1.93. The Morgan fingerprint density at radius 2 is 2.03 bits per heavy atom. The summed E-state index contributed by atoms with van der Waals surface area (Å²) in [7, 11) is 0. The summed E-state index contributed by atoms with van der Waals surface area (Å²) in [6.45, 7) is 8.86. The molecule has 0 saturated carbocycles. The van der Waals surface area contributed by atoms with E-state index in [2.05, 4.69) is 9.71 Å². The van der Waals surface area contributed by atoms with Crippen LogP contribution in [0, 0.1) is 19.8 Å². The fourth-order valence-corrected chi connectivity index (χ4v) is 4.81. The van der Waals surface area contributed by atoms with Gasteiger partial charge in [0.15, 0.2) is 0 Å². The first-order chi connectivity index (χ1) is 14.6. The number of carbonyl (C=O) groups excluding carboxylic acids is 1. The van der Waals surface area contributed by atoms with Crippen LogP contribution >= 0.6 is 11.9 Å². The summed E-state index contributed by atoms with van der Waals surface area (Å²) in [5.41, 5.74) is 4.78. The molecule has 1 aromatic carbocycles. The SMILES string of the molecule is CCSN[C@@H]1[C@H](Cc2cccc(-c3cc(C)cc(C)n3)c2)N(C(=O)C(C)C)CC1(F)F. The summed E-state index contributed by atoms with van der Waals surface area (Å²) in [5.74, 6) is -2.88. The topological polar surface area (TPSA) is 45.2 Å². The fraction of sp³-hybridized carbons (Fsp3) is 0.500. The zero-order chi connectivity index (χ0) is 22.8. The molecule has 0 unspecified atom stereocenters. The van der Waals surface area contributed by atoms with E-state index in [1.54, 1.807) is 13.8 Å².